The Morgan fingerprint density at radius 3 is 1.27 bits per heavy atom. The molecule has 0 radical (unpaired) electrons. The molecular formula is C16H27F13O9Si3. The molecule has 0 bridgehead atoms. The molecule has 0 saturated heterocycles. The molecule has 0 amide bonds. The lowest BCUT2D eigenvalue weighted by atomic mass is 9.93. The van der Waals surface area contributed by atoms with Gasteiger partial charge in [-0.05, 0) is 13.8 Å². The van der Waals surface area contributed by atoms with Gasteiger partial charge in [0.25, 0.3) is 0 Å². The molecule has 0 saturated carbocycles. The van der Waals surface area contributed by atoms with E-state index in [4.69, 9.17) is 25.9 Å². The number of halogens is 13. The van der Waals surface area contributed by atoms with E-state index in [1.807, 2.05) is 0 Å². The molecule has 0 aliphatic rings. The van der Waals surface area contributed by atoms with E-state index in [0.29, 0.717) is 0 Å². The highest BCUT2D eigenvalue weighted by Crippen LogP contribution is 2.61. The molecule has 0 aliphatic heterocycles. The molecule has 0 aromatic carbocycles. The summed E-state index contributed by atoms with van der Waals surface area (Å²) in [6.45, 7) is 1.19. The van der Waals surface area contributed by atoms with Crippen LogP contribution in [0.3, 0.4) is 0 Å². The van der Waals surface area contributed by atoms with Crippen molar-refractivity contribution in [1.29, 1.82) is 0 Å². The molecule has 0 rings (SSSR count). The van der Waals surface area contributed by atoms with Crippen LogP contribution in [0.15, 0.2) is 0 Å². The van der Waals surface area contributed by atoms with Gasteiger partial charge in [-0.25, -0.2) is 0 Å². The second-order valence-corrected chi connectivity index (χ2v) is 15.4. The normalized spacial score (nSPS) is 15.5. The molecule has 0 unspecified atom stereocenters. The van der Waals surface area contributed by atoms with Crippen molar-refractivity contribution in [2.75, 3.05) is 41.7 Å². The molecule has 0 heterocycles. The van der Waals surface area contributed by atoms with Gasteiger partial charge in [-0.3, -0.25) is 0 Å². The minimum Gasteiger partial charge on any atom is -0.374 e. The minimum absolute atomic E-state index is 0.561. The summed E-state index contributed by atoms with van der Waals surface area (Å²) in [4.78, 5) is 10.2. The highest BCUT2D eigenvalue weighted by atomic mass is 28.5. The first-order chi connectivity index (χ1) is 18.2. The van der Waals surface area contributed by atoms with E-state index in [9.17, 15) is 61.9 Å². The molecule has 25 heteroatoms. The standard InChI is InChI=1S/C16H27F13O9Si3/c1-7-35-39(36-8-2,37-41(33-5,34-6)38-40(30,31-3)32-4)10-9-11(17,18)12(19,20)13(21,22)14(23,24)15(25,26)16(27,28)29/h30H,7-10H2,1-6H3. The zero-order chi connectivity index (χ0) is 33.0. The van der Waals surface area contributed by atoms with Crippen LogP contribution in [-0.4, -0.2) is 109 Å². The second kappa shape index (κ2) is 13.6. The van der Waals surface area contributed by atoms with E-state index in [-0.39, 0.29) is 0 Å². The predicted octanol–water partition coefficient (Wildman–Crippen LogP) is 4.61. The molecule has 9 nitrogen and oxygen atoms in total. The van der Waals surface area contributed by atoms with Crippen molar-refractivity contribution in [3.63, 3.8) is 0 Å². The van der Waals surface area contributed by atoms with Crippen LogP contribution in [0, 0.1) is 0 Å². The summed E-state index contributed by atoms with van der Waals surface area (Å²) in [5, 5.41) is 0. The number of rotatable bonds is 19. The quantitative estimate of drug-likeness (QED) is 0.154. The van der Waals surface area contributed by atoms with Gasteiger partial charge in [-0.2, -0.15) is 57.1 Å². The summed E-state index contributed by atoms with van der Waals surface area (Å²) in [7, 11) is -11.4. The van der Waals surface area contributed by atoms with Gasteiger partial charge in [0.05, 0.1) is 0 Å². The highest BCUT2D eigenvalue weighted by molar-refractivity contribution is 6.76. The van der Waals surface area contributed by atoms with E-state index in [1.54, 1.807) is 0 Å². The SMILES string of the molecule is CCO[Si](CCC(F)(F)C(F)(F)C(F)(F)C(F)(F)C(F)(F)C(F)(F)F)(OCC)O[Si](OC)(OC)O[Si](O)(OC)OC. The van der Waals surface area contributed by atoms with Gasteiger partial charge in [0.15, 0.2) is 0 Å². The molecule has 0 aliphatic carbocycles. The van der Waals surface area contributed by atoms with Crippen molar-refractivity contribution in [2.45, 2.75) is 62.1 Å². The Kier molecular flexibility index (Phi) is 13.4. The third-order valence-corrected chi connectivity index (χ3v) is 13.6. The first kappa shape index (κ1) is 40.4. The van der Waals surface area contributed by atoms with Crippen LogP contribution in [-0.2, 0) is 34.8 Å². The van der Waals surface area contributed by atoms with Crippen molar-refractivity contribution in [2.24, 2.45) is 0 Å². The maximum Gasteiger partial charge on any atom is 0.670 e. The average molecular weight is 695 g/mol. The summed E-state index contributed by atoms with van der Waals surface area (Å²) in [6.07, 6.45) is -10.2. The minimum atomic E-state index is -8.05. The van der Waals surface area contributed by atoms with E-state index in [0.717, 1.165) is 42.3 Å². The maximum atomic E-state index is 14.5. The van der Waals surface area contributed by atoms with Gasteiger partial charge in [0, 0.05) is 54.1 Å². The van der Waals surface area contributed by atoms with Crippen LogP contribution in [0.25, 0.3) is 0 Å². The molecule has 248 valence electrons. The average Bonchev–Trinajstić information content (AvgIpc) is 2.86. The Morgan fingerprint density at radius 2 is 0.951 bits per heavy atom. The van der Waals surface area contributed by atoms with Gasteiger partial charge in [-0.15, -0.1) is 0 Å². The zero-order valence-corrected chi connectivity index (χ0v) is 25.0. The predicted molar refractivity (Wildman–Crippen MR) is 113 cm³/mol. The maximum absolute atomic E-state index is 14.5. The van der Waals surface area contributed by atoms with E-state index in [2.05, 4.69) is 8.85 Å². The zero-order valence-electron chi connectivity index (χ0n) is 22.0. The molecule has 1 N–H and O–H groups in total. The first-order valence-corrected chi connectivity index (χ1v) is 16.0. The van der Waals surface area contributed by atoms with Crippen molar-refractivity contribution in [3.8, 4) is 0 Å². The van der Waals surface area contributed by atoms with E-state index >= 15 is 0 Å². The molecule has 0 atom stereocenters. The Hall–Kier alpha value is -0.619. The van der Waals surface area contributed by atoms with Crippen molar-refractivity contribution < 1.29 is 96.7 Å². The number of hydrogen-bond acceptors (Lipinski definition) is 9. The van der Waals surface area contributed by atoms with Gasteiger partial charge < -0.3 is 39.6 Å². The third kappa shape index (κ3) is 7.91. The van der Waals surface area contributed by atoms with E-state index in [1.165, 1.54) is 0 Å². The molecule has 41 heavy (non-hydrogen) atoms. The summed E-state index contributed by atoms with van der Waals surface area (Å²) in [5.74, 6) is -37.8. The molecule has 0 spiro atoms. The van der Waals surface area contributed by atoms with Gasteiger partial charge in [0.1, 0.15) is 0 Å². The van der Waals surface area contributed by atoms with E-state index < -0.39 is 88.4 Å². The fourth-order valence-electron chi connectivity index (χ4n) is 2.79. The molecule has 0 aromatic rings. The van der Waals surface area contributed by atoms with Crippen LogP contribution in [0.5, 0.6) is 0 Å². The fourth-order valence-corrected chi connectivity index (χ4v) is 11.2. The van der Waals surface area contributed by atoms with Crippen LogP contribution in [0.4, 0.5) is 57.1 Å². The Bertz CT molecular complexity index is 823. The van der Waals surface area contributed by atoms with Gasteiger partial charge in [-0.1, -0.05) is 0 Å². The topological polar surface area (TPSA) is 94.1 Å². The number of hydrogen-bond donors (Lipinski definition) is 1. The van der Waals surface area contributed by atoms with Crippen molar-refractivity contribution >= 4 is 26.9 Å². The smallest absolute Gasteiger partial charge is 0.374 e. The first-order valence-electron chi connectivity index (χ1n) is 10.8. The monoisotopic (exact) mass is 694 g/mol. The van der Waals surface area contributed by atoms with Crippen LogP contribution >= 0.6 is 0 Å². The summed E-state index contributed by atoms with van der Waals surface area (Å²) in [6, 6.07) is -1.72. The Morgan fingerprint density at radius 1 is 0.561 bits per heavy atom. The molecule has 0 aromatic heterocycles. The van der Waals surface area contributed by atoms with Crippen molar-refractivity contribution in [3.05, 3.63) is 0 Å². The largest absolute Gasteiger partial charge is 0.670 e. The molecule has 0 fully saturated rings. The lowest BCUT2D eigenvalue weighted by Gasteiger charge is -2.41. The van der Waals surface area contributed by atoms with Crippen LogP contribution < -0.4 is 0 Å². The Labute approximate surface area is 228 Å². The summed E-state index contributed by atoms with van der Waals surface area (Å²) in [5.41, 5.74) is 0. The van der Waals surface area contributed by atoms with Crippen molar-refractivity contribution in [1.82, 2.24) is 0 Å². The van der Waals surface area contributed by atoms with Crippen LogP contribution in [0.2, 0.25) is 6.04 Å². The highest BCUT2D eigenvalue weighted by Gasteiger charge is 2.90. The number of alkyl halides is 13. The Balaban J connectivity index is 6.65. The lowest BCUT2D eigenvalue weighted by Crippen LogP contribution is -2.70. The van der Waals surface area contributed by atoms with Crippen LogP contribution in [0.1, 0.15) is 20.3 Å². The fraction of sp³-hybridized carbons (Fsp3) is 1.00. The second-order valence-electron chi connectivity index (χ2n) is 7.59. The molecular weight excluding hydrogens is 667 g/mol. The summed E-state index contributed by atoms with van der Waals surface area (Å²) >= 11 is 0. The van der Waals surface area contributed by atoms with Gasteiger partial charge >= 0.3 is 62.7 Å². The summed E-state index contributed by atoms with van der Waals surface area (Å²) < 4.78 is 215. The third-order valence-electron chi connectivity index (χ3n) is 5.02. The van der Waals surface area contributed by atoms with Gasteiger partial charge in [0.2, 0.25) is 0 Å². The lowest BCUT2D eigenvalue weighted by molar-refractivity contribution is -0.440.